The molecule has 0 aliphatic carbocycles. The van der Waals surface area contributed by atoms with Gasteiger partial charge in [0, 0.05) is 32.8 Å². The van der Waals surface area contributed by atoms with Crippen molar-refractivity contribution in [1.82, 2.24) is 4.57 Å². The average Bonchev–Trinajstić information content (AvgIpc) is 3.90. The van der Waals surface area contributed by atoms with Gasteiger partial charge in [-0.2, -0.15) is 0 Å². The van der Waals surface area contributed by atoms with Gasteiger partial charge in [0.25, 0.3) is 0 Å². The quantitative estimate of drug-likeness (QED) is 0.157. The van der Waals surface area contributed by atoms with Gasteiger partial charge < -0.3 is 8.98 Å². The Kier molecular flexibility index (Phi) is 8.53. The Morgan fingerprint density at radius 2 is 0.694 bits per heavy atom. The van der Waals surface area contributed by atoms with E-state index in [-0.39, 0.29) is 0 Å². The van der Waals surface area contributed by atoms with Gasteiger partial charge in [0.15, 0.2) is 0 Å². The average molecular weight is 790 g/mol. The summed E-state index contributed by atoms with van der Waals surface area (Å²) in [5, 5.41) is 4.67. The fourth-order valence-corrected chi connectivity index (χ4v) is 9.35. The van der Waals surface area contributed by atoms with Crippen LogP contribution in [-0.4, -0.2) is 4.57 Å². The lowest BCUT2D eigenvalue weighted by Gasteiger charge is -2.13. The minimum atomic E-state index is 0.896. The number of para-hydroxylation sites is 2. The van der Waals surface area contributed by atoms with E-state index in [1.807, 2.05) is 6.07 Å². The molecule has 0 saturated heterocycles. The molecule has 0 unspecified atom stereocenters. The van der Waals surface area contributed by atoms with Gasteiger partial charge in [-0.15, -0.1) is 0 Å². The second-order valence-corrected chi connectivity index (χ2v) is 16.1. The molecule has 2 heterocycles. The Bertz CT molecular complexity index is 3610. The van der Waals surface area contributed by atoms with E-state index < -0.39 is 0 Å². The van der Waals surface area contributed by atoms with E-state index in [2.05, 4.69) is 235 Å². The van der Waals surface area contributed by atoms with Crippen molar-refractivity contribution in [2.45, 2.75) is 0 Å². The van der Waals surface area contributed by atoms with Crippen LogP contribution in [0.25, 0.3) is 116 Å². The summed E-state index contributed by atoms with van der Waals surface area (Å²) in [6.45, 7) is 0. The zero-order valence-electron chi connectivity index (χ0n) is 33.9. The van der Waals surface area contributed by atoms with Gasteiger partial charge in [0.05, 0.1) is 11.0 Å². The van der Waals surface area contributed by atoms with Crippen molar-refractivity contribution in [2.24, 2.45) is 0 Å². The lowest BCUT2D eigenvalue weighted by atomic mass is 9.91. The Morgan fingerprint density at radius 1 is 0.258 bits per heavy atom. The van der Waals surface area contributed by atoms with E-state index in [4.69, 9.17) is 4.42 Å². The molecule has 12 aromatic rings. The summed E-state index contributed by atoms with van der Waals surface area (Å²) in [6, 6.07) is 85.5. The SMILES string of the molecule is c1ccc(-c2cccc(-c3cc(-c4ccc5c(c4)c4cc(-c6ccccc6)ccc4n5-c4cccc(-c5ccccc5)c4)cc(-c4cccc5c4oc4ccccc45)c3)c2)cc1. The molecule has 290 valence electrons. The summed E-state index contributed by atoms with van der Waals surface area (Å²) in [7, 11) is 0. The van der Waals surface area contributed by atoms with Gasteiger partial charge in [-0.25, -0.2) is 0 Å². The molecule has 2 nitrogen and oxygen atoms in total. The molecule has 0 amide bonds. The van der Waals surface area contributed by atoms with E-state index in [0.29, 0.717) is 0 Å². The number of benzene rings is 10. The third-order valence-corrected chi connectivity index (χ3v) is 12.4. The second-order valence-electron chi connectivity index (χ2n) is 16.1. The van der Waals surface area contributed by atoms with Crippen LogP contribution in [0.5, 0.6) is 0 Å². The number of fused-ring (bicyclic) bond motifs is 6. The van der Waals surface area contributed by atoms with E-state index in [1.165, 1.54) is 49.7 Å². The fourth-order valence-electron chi connectivity index (χ4n) is 9.35. The molecular weight excluding hydrogens is 751 g/mol. The highest BCUT2D eigenvalue weighted by Crippen LogP contribution is 2.42. The maximum Gasteiger partial charge on any atom is 0.143 e. The fraction of sp³-hybridized carbons (Fsp3) is 0. The van der Waals surface area contributed by atoms with Crippen LogP contribution in [0.1, 0.15) is 0 Å². The lowest BCUT2D eigenvalue weighted by molar-refractivity contribution is 0.670. The first-order valence-electron chi connectivity index (χ1n) is 21.2. The van der Waals surface area contributed by atoms with Crippen LogP contribution in [0, 0.1) is 0 Å². The van der Waals surface area contributed by atoms with Crippen LogP contribution in [0.2, 0.25) is 0 Å². The number of hydrogen-bond acceptors (Lipinski definition) is 1. The van der Waals surface area contributed by atoms with Crippen LogP contribution in [0.15, 0.2) is 241 Å². The summed E-state index contributed by atoms with van der Waals surface area (Å²) in [6.07, 6.45) is 0. The van der Waals surface area contributed by atoms with Crippen molar-refractivity contribution in [3.63, 3.8) is 0 Å². The molecule has 0 aliphatic heterocycles. The molecule has 0 radical (unpaired) electrons. The van der Waals surface area contributed by atoms with Crippen LogP contribution < -0.4 is 0 Å². The van der Waals surface area contributed by atoms with Crippen LogP contribution in [0.3, 0.4) is 0 Å². The molecule has 0 spiro atoms. The molecule has 2 heteroatoms. The van der Waals surface area contributed by atoms with E-state index >= 15 is 0 Å². The largest absolute Gasteiger partial charge is 0.455 e. The van der Waals surface area contributed by atoms with Crippen molar-refractivity contribution in [3.8, 4) is 72.4 Å². The number of nitrogens with zero attached hydrogens (tertiary/aromatic N) is 1. The molecule has 0 fully saturated rings. The Morgan fingerprint density at radius 3 is 1.32 bits per heavy atom. The summed E-state index contributed by atoms with van der Waals surface area (Å²) in [5.74, 6) is 0. The maximum atomic E-state index is 6.64. The zero-order valence-corrected chi connectivity index (χ0v) is 33.9. The smallest absolute Gasteiger partial charge is 0.143 e. The van der Waals surface area contributed by atoms with Crippen molar-refractivity contribution >= 4 is 43.7 Å². The summed E-state index contributed by atoms with van der Waals surface area (Å²) >= 11 is 0. The summed E-state index contributed by atoms with van der Waals surface area (Å²) < 4.78 is 9.06. The molecule has 0 bridgehead atoms. The number of rotatable bonds is 7. The summed E-state index contributed by atoms with van der Waals surface area (Å²) in [4.78, 5) is 0. The predicted octanol–water partition coefficient (Wildman–Crippen LogP) is 16.7. The standard InChI is InChI=1S/C60H39NO/c1-4-15-40(16-5-1)43-21-12-22-44(33-43)48-34-49(36-50(35-48)52-26-14-27-54-53-25-10-11-28-59(53)62-60(52)54)47-30-32-58-56(39-47)55-38-46(42-19-8-3-9-20-42)29-31-57(55)61(58)51-24-13-23-45(37-51)41-17-6-2-7-18-41/h1-39H. The maximum absolute atomic E-state index is 6.64. The van der Waals surface area contributed by atoms with Crippen LogP contribution >= 0.6 is 0 Å². The van der Waals surface area contributed by atoms with Crippen LogP contribution in [-0.2, 0) is 0 Å². The van der Waals surface area contributed by atoms with Gasteiger partial charge in [-0.1, -0.05) is 170 Å². The van der Waals surface area contributed by atoms with Crippen molar-refractivity contribution in [3.05, 3.63) is 237 Å². The van der Waals surface area contributed by atoms with Gasteiger partial charge in [-0.05, 0) is 128 Å². The minimum Gasteiger partial charge on any atom is -0.455 e. The molecule has 0 saturated carbocycles. The molecule has 0 N–H and O–H groups in total. The Balaban J connectivity index is 1.09. The third kappa shape index (κ3) is 6.20. The number of furan rings is 1. The Hall–Kier alpha value is -8.20. The highest BCUT2D eigenvalue weighted by atomic mass is 16.3. The normalized spacial score (nSPS) is 11.5. The first-order valence-corrected chi connectivity index (χ1v) is 21.2. The van der Waals surface area contributed by atoms with Crippen molar-refractivity contribution < 1.29 is 4.42 Å². The number of aromatic nitrogens is 1. The Labute approximate surface area is 360 Å². The molecule has 0 atom stereocenters. The molecule has 12 rings (SSSR count). The van der Waals surface area contributed by atoms with Gasteiger partial charge in [0.2, 0.25) is 0 Å². The molecule has 0 aliphatic rings. The topological polar surface area (TPSA) is 18.1 Å². The highest BCUT2D eigenvalue weighted by molar-refractivity contribution is 6.12. The van der Waals surface area contributed by atoms with E-state index in [1.54, 1.807) is 0 Å². The highest BCUT2D eigenvalue weighted by Gasteiger charge is 2.18. The predicted molar refractivity (Wildman–Crippen MR) is 261 cm³/mol. The monoisotopic (exact) mass is 789 g/mol. The number of hydrogen-bond donors (Lipinski definition) is 0. The van der Waals surface area contributed by atoms with E-state index in [0.717, 1.165) is 66.5 Å². The zero-order chi connectivity index (χ0) is 41.0. The van der Waals surface area contributed by atoms with E-state index in [9.17, 15) is 0 Å². The van der Waals surface area contributed by atoms with Crippen LogP contribution in [0.4, 0.5) is 0 Å². The molecule has 62 heavy (non-hydrogen) atoms. The lowest BCUT2D eigenvalue weighted by Crippen LogP contribution is -1.94. The first-order chi connectivity index (χ1) is 30.7. The first kappa shape index (κ1) is 35.7. The van der Waals surface area contributed by atoms with Gasteiger partial charge >= 0.3 is 0 Å². The second kappa shape index (κ2) is 14.8. The van der Waals surface area contributed by atoms with Crippen molar-refractivity contribution in [2.75, 3.05) is 0 Å². The third-order valence-electron chi connectivity index (χ3n) is 12.4. The molecule has 10 aromatic carbocycles. The van der Waals surface area contributed by atoms with Gasteiger partial charge in [0.1, 0.15) is 11.2 Å². The molecular formula is C60H39NO. The minimum absolute atomic E-state index is 0.896. The van der Waals surface area contributed by atoms with Crippen molar-refractivity contribution in [1.29, 1.82) is 0 Å². The molecule has 2 aromatic heterocycles. The van der Waals surface area contributed by atoms with Gasteiger partial charge in [-0.3, -0.25) is 0 Å². The summed E-state index contributed by atoms with van der Waals surface area (Å²) in [5.41, 5.74) is 19.2.